The van der Waals surface area contributed by atoms with Gasteiger partial charge in [-0.2, -0.15) is 5.06 Å². The average Bonchev–Trinajstić information content (AvgIpc) is 2.62. The van der Waals surface area contributed by atoms with E-state index < -0.39 is 0 Å². The smallest absolute Gasteiger partial charge is 0.287 e. The van der Waals surface area contributed by atoms with Crippen LogP contribution in [0.1, 0.15) is 15.9 Å². The minimum atomic E-state index is -0.137. The number of carbonyl (C=O) groups excluding carboxylic acids is 1. The number of rotatable bonds is 3. The zero-order valence-electron chi connectivity index (χ0n) is 13.0. The van der Waals surface area contributed by atoms with Gasteiger partial charge in [0.1, 0.15) is 5.75 Å². The molecular weight excluding hydrogens is 370 g/mol. The maximum atomic E-state index is 12.8. The lowest BCUT2D eigenvalue weighted by Crippen LogP contribution is -2.36. The second kappa shape index (κ2) is 5.83. The number of hydrogen-bond donors (Lipinski definition) is 0. The Morgan fingerprint density at radius 3 is 2.62 bits per heavy atom. The van der Waals surface area contributed by atoms with Gasteiger partial charge in [0.05, 0.1) is 19.2 Å². The molecule has 0 aromatic heterocycles. The summed E-state index contributed by atoms with van der Waals surface area (Å²) in [4.78, 5) is 18.7. The van der Waals surface area contributed by atoms with Gasteiger partial charge in [-0.1, -0.05) is 40.2 Å². The van der Waals surface area contributed by atoms with Gasteiger partial charge >= 0.3 is 0 Å². The summed E-state index contributed by atoms with van der Waals surface area (Å²) in [7, 11) is 1.63. The van der Waals surface area contributed by atoms with E-state index in [9.17, 15) is 4.79 Å². The van der Waals surface area contributed by atoms with E-state index in [1.165, 1.54) is 5.06 Å². The Kier molecular flexibility index (Phi) is 3.65. The van der Waals surface area contributed by atoms with Crippen molar-refractivity contribution in [3.8, 4) is 11.5 Å². The van der Waals surface area contributed by atoms with Crippen molar-refractivity contribution in [2.24, 2.45) is 0 Å². The lowest BCUT2D eigenvalue weighted by molar-refractivity contribution is -0.0411. The summed E-state index contributed by atoms with van der Waals surface area (Å²) >= 11 is 3.53. The molecule has 1 amide bonds. The minimum absolute atomic E-state index is 0.137. The number of ether oxygens (including phenoxy) is 1. The third-order valence-corrected chi connectivity index (χ3v) is 4.79. The van der Waals surface area contributed by atoms with Crippen LogP contribution in [-0.2, 0) is 6.54 Å². The molecule has 5 heteroatoms. The minimum Gasteiger partial charge on any atom is -0.497 e. The van der Waals surface area contributed by atoms with Gasteiger partial charge in [0, 0.05) is 15.2 Å². The summed E-state index contributed by atoms with van der Waals surface area (Å²) in [5.41, 5.74) is 1.63. The molecule has 0 radical (unpaired) electrons. The predicted molar refractivity (Wildman–Crippen MR) is 95.1 cm³/mol. The van der Waals surface area contributed by atoms with Crippen LogP contribution < -0.4 is 9.57 Å². The molecule has 4 rings (SSSR count). The maximum absolute atomic E-state index is 12.8. The Hall–Kier alpha value is -2.53. The quantitative estimate of drug-likeness (QED) is 0.665. The van der Waals surface area contributed by atoms with Crippen molar-refractivity contribution in [1.82, 2.24) is 5.06 Å². The van der Waals surface area contributed by atoms with Gasteiger partial charge in [0.2, 0.25) is 0 Å². The fourth-order valence-electron chi connectivity index (χ4n) is 2.89. The molecule has 1 aliphatic heterocycles. The van der Waals surface area contributed by atoms with Crippen molar-refractivity contribution in [2.75, 3.05) is 7.11 Å². The number of hydroxylamine groups is 2. The summed E-state index contributed by atoms with van der Waals surface area (Å²) in [5, 5.41) is 3.22. The Morgan fingerprint density at radius 2 is 1.88 bits per heavy atom. The molecule has 0 fully saturated rings. The van der Waals surface area contributed by atoms with Crippen LogP contribution in [0.25, 0.3) is 10.8 Å². The standard InChI is InChI=1S/C19H14BrNO3/c1-23-13-7-5-12(6-8-13)11-21-19(22)15-4-2-3-14-16(20)9-10-17(24-21)18(14)15/h2-10H,11H2,1H3. The van der Waals surface area contributed by atoms with Crippen LogP contribution in [0, 0.1) is 0 Å². The molecule has 120 valence electrons. The normalized spacial score (nSPS) is 13.1. The number of benzene rings is 3. The molecule has 24 heavy (non-hydrogen) atoms. The fourth-order valence-corrected chi connectivity index (χ4v) is 3.35. The maximum Gasteiger partial charge on any atom is 0.287 e. The molecule has 0 bridgehead atoms. The third kappa shape index (κ3) is 2.41. The van der Waals surface area contributed by atoms with Crippen molar-refractivity contribution in [3.63, 3.8) is 0 Å². The Balaban J connectivity index is 1.70. The second-order valence-corrected chi connectivity index (χ2v) is 6.41. The summed E-state index contributed by atoms with van der Waals surface area (Å²) in [5.74, 6) is 1.34. The Labute approximate surface area is 147 Å². The van der Waals surface area contributed by atoms with Crippen molar-refractivity contribution in [1.29, 1.82) is 0 Å². The largest absolute Gasteiger partial charge is 0.497 e. The van der Waals surface area contributed by atoms with E-state index in [0.717, 1.165) is 26.6 Å². The number of halogens is 1. The van der Waals surface area contributed by atoms with Crippen LogP contribution in [0.5, 0.6) is 11.5 Å². The molecule has 0 saturated heterocycles. The summed E-state index contributed by atoms with van der Waals surface area (Å²) in [6, 6.07) is 17.1. The lowest BCUT2D eigenvalue weighted by Gasteiger charge is -2.28. The molecule has 0 unspecified atom stereocenters. The first-order valence-corrected chi connectivity index (χ1v) is 8.30. The molecule has 0 N–H and O–H groups in total. The van der Waals surface area contributed by atoms with Crippen molar-refractivity contribution in [3.05, 3.63) is 70.2 Å². The van der Waals surface area contributed by atoms with E-state index in [-0.39, 0.29) is 5.91 Å². The van der Waals surface area contributed by atoms with Gasteiger partial charge in [0.15, 0.2) is 5.75 Å². The first-order chi connectivity index (χ1) is 11.7. The van der Waals surface area contributed by atoms with E-state index >= 15 is 0 Å². The lowest BCUT2D eigenvalue weighted by atomic mass is 10.0. The van der Waals surface area contributed by atoms with Crippen LogP contribution in [-0.4, -0.2) is 18.1 Å². The highest BCUT2D eigenvalue weighted by Crippen LogP contribution is 2.38. The van der Waals surface area contributed by atoms with E-state index in [1.807, 2.05) is 54.6 Å². The highest BCUT2D eigenvalue weighted by molar-refractivity contribution is 9.10. The second-order valence-electron chi connectivity index (χ2n) is 5.55. The molecule has 4 nitrogen and oxygen atoms in total. The molecule has 0 saturated carbocycles. The summed E-state index contributed by atoms with van der Waals surface area (Å²) in [6.45, 7) is 0.370. The van der Waals surface area contributed by atoms with Gasteiger partial charge in [-0.3, -0.25) is 4.79 Å². The molecular formula is C19H14BrNO3. The average molecular weight is 384 g/mol. The van der Waals surface area contributed by atoms with Crippen LogP contribution >= 0.6 is 15.9 Å². The van der Waals surface area contributed by atoms with Crippen LogP contribution in [0.3, 0.4) is 0 Å². The fraction of sp³-hybridized carbons (Fsp3) is 0.105. The molecule has 1 heterocycles. The van der Waals surface area contributed by atoms with Gasteiger partial charge in [-0.25, -0.2) is 0 Å². The van der Waals surface area contributed by atoms with Gasteiger partial charge in [-0.05, 0) is 35.9 Å². The Bertz CT molecular complexity index is 937. The predicted octanol–water partition coefficient (Wildman–Crippen LogP) is 4.56. The SMILES string of the molecule is COc1ccc(CN2Oc3ccc(Br)c4cccc(c34)C2=O)cc1. The molecule has 3 aromatic rings. The topological polar surface area (TPSA) is 38.8 Å². The van der Waals surface area contributed by atoms with E-state index in [2.05, 4.69) is 15.9 Å². The molecule has 1 aliphatic rings. The Morgan fingerprint density at radius 1 is 1.08 bits per heavy atom. The number of carbonyl (C=O) groups is 1. The first-order valence-electron chi connectivity index (χ1n) is 7.51. The third-order valence-electron chi connectivity index (χ3n) is 4.10. The molecule has 0 spiro atoms. The van der Waals surface area contributed by atoms with Crippen LogP contribution in [0.2, 0.25) is 0 Å². The van der Waals surface area contributed by atoms with Gasteiger partial charge in [-0.15, -0.1) is 0 Å². The van der Waals surface area contributed by atoms with Gasteiger partial charge in [0.25, 0.3) is 5.91 Å². The zero-order chi connectivity index (χ0) is 16.7. The number of methoxy groups -OCH3 is 1. The monoisotopic (exact) mass is 383 g/mol. The van der Waals surface area contributed by atoms with E-state index in [0.29, 0.717) is 17.9 Å². The van der Waals surface area contributed by atoms with E-state index in [4.69, 9.17) is 9.57 Å². The van der Waals surface area contributed by atoms with Crippen LogP contribution in [0.4, 0.5) is 0 Å². The van der Waals surface area contributed by atoms with Crippen molar-refractivity contribution >= 4 is 32.6 Å². The van der Waals surface area contributed by atoms with Crippen molar-refractivity contribution in [2.45, 2.75) is 6.54 Å². The highest BCUT2D eigenvalue weighted by atomic mass is 79.9. The van der Waals surface area contributed by atoms with Gasteiger partial charge < -0.3 is 9.57 Å². The number of amides is 1. The molecule has 0 atom stereocenters. The van der Waals surface area contributed by atoms with E-state index in [1.54, 1.807) is 7.11 Å². The number of nitrogens with zero attached hydrogens (tertiary/aromatic N) is 1. The zero-order valence-corrected chi connectivity index (χ0v) is 14.5. The summed E-state index contributed by atoms with van der Waals surface area (Å²) < 4.78 is 6.11. The molecule has 0 aliphatic carbocycles. The number of hydrogen-bond acceptors (Lipinski definition) is 3. The van der Waals surface area contributed by atoms with Crippen LogP contribution in [0.15, 0.2) is 59.1 Å². The summed E-state index contributed by atoms with van der Waals surface area (Å²) in [6.07, 6.45) is 0. The van der Waals surface area contributed by atoms with Crippen molar-refractivity contribution < 1.29 is 14.4 Å². The first kappa shape index (κ1) is 15.0. The molecule has 3 aromatic carbocycles. The highest BCUT2D eigenvalue weighted by Gasteiger charge is 2.28.